The zero-order chi connectivity index (χ0) is 14.8. The Morgan fingerprint density at radius 3 is 2.30 bits per heavy atom. The standard InChI is InChI=1S/C18H30BrN/c1-4-7-8-16(6-3)18(20-13-5-2)14-15-9-11-17(19)12-10-15/h9-12,16,18,20H,4-8,13-14H2,1-3H3. The number of benzene rings is 1. The molecule has 1 aromatic carbocycles. The summed E-state index contributed by atoms with van der Waals surface area (Å²) in [6, 6.07) is 9.42. The van der Waals surface area contributed by atoms with E-state index in [4.69, 9.17) is 0 Å². The van der Waals surface area contributed by atoms with Crippen molar-refractivity contribution in [1.29, 1.82) is 0 Å². The van der Waals surface area contributed by atoms with Crippen molar-refractivity contribution in [3.05, 3.63) is 34.3 Å². The van der Waals surface area contributed by atoms with Crippen LogP contribution in [-0.4, -0.2) is 12.6 Å². The van der Waals surface area contributed by atoms with E-state index in [1.807, 2.05) is 0 Å². The van der Waals surface area contributed by atoms with Gasteiger partial charge in [-0.15, -0.1) is 0 Å². The molecule has 0 aromatic heterocycles. The molecule has 0 saturated heterocycles. The Morgan fingerprint density at radius 2 is 1.75 bits per heavy atom. The highest BCUT2D eigenvalue weighted by molar-refractivity contribution is 9.10. The summed E-state index contributed by atoms with van der Waals surface area (Å²) in [5.41, 5.74) is 1.44. The highest BCUT2D eigenvalue weighted by atomic mass is 79.9. The summed E-state index contributed by atoms with van der Waals surface area (Å²) in [6.45, 7) is 8.00. The number of unbranched alkanes of at least 4 members (excludes halogenated alkanes) is 1. The fourth-order valence-corrected chi connectivity index (χ4v) is 3.03. The van der Waals surface area contributed by atoms with E-state index in [1.54, 1.807) is 0 Å². The summed E-state index contributed by atoms with van der Waals surface area (Å²) < 4.78 is 1.16. The molecule has 20 heavy (non-hydrogen) atoms. The summed E-state index contributed by atoms with van der Waals surface area (Å²) in [5, 5.41) is 3.78. The van der Waals surface area contributed by atoms with Gasteiger partial charge < -0.3 is 5.32 Å². The number of hydrogen-bond donors (Lipinski definition) is 1. The molecule has 2 atom stereocenters. The third kappa shape index (κ3) is 6.41. The second-order valence-electron chi connectivity index (χ2n) is 5.70. The minimum absolute atomic E-state index is 0.618. The summed E-state index contributed by atoms with van der Waals surface area (Å²) in [6.07, 6.45) is 7.64. The van der Waals surface area contributed by atoms with E-state index >= 15 is 0 Å². The quantitative estimate of drug-likeness (QED) is 0.586. The first-order valence-electron chi connectivity index (χ1n) is 8.19. The van der Waals surface area contributed by atoms with Crippen LogP contribution in [0.15, 0.2) is 28.7 Å². The lowest BCUT2D eigenvalue weighted by atomic mass is 9.87. The van der Waals surface area contributed by atoms with Gasteiger partial charge in [-0.25, -0.2) is 0 Å². The minimum atomic E-state index is 0.618. The van der Waals surface area contributed by atoms with Crippen molar-refractivity contribution in [2.45, 2.75) is 65.3 Å². The van der Waals surface area contributed by atoms with Gasteiger partial charge in [0.25, 0.3) is 0 Å². The third-order valence-electron chi connectivity index (χ3n) is 4.05. The van der Waals surface area contributed by atoms with Gasteiger partial charge in [-0.3, -0.25) is 0 Å². The van der Waals surface area contributed by atoms with Gasteiger partial charge >= 0.3 is 0 Å². The SMILES string of the molecule is CCCCC(CC)C(Cc1ccc(Br)cc1)NCCC. The molecule has 2 heteroatoms. The average molecular weight is 340 g/mol. The molecule has 114 valence electrons. The second kappa shape index (κ2) is 10.4. The Kier molecular flexibility index (Phi) is 9.21. The molecular formula is C18H30BrN. The zero-order valence-electron chi connectivity index (χ0n) is 13.3. The highest BCUT2D eigenvalue weighted by Crippen LogP contribution is 2.21. The van der Waals surface area contributed by atoms with Gasteiger partial charge in [0.2, 0.25) is 0 Å². The summed E-state index contributed by atoms with van der Waals surface area (Å²) in [4.78, 5) is 0. The molecule has 0 aliphatic rings. The van der Waals surface area contributed by atoms with Gasteiger partial charge in [0.05, 0.1) is 0 Å². The number of hydrogen-bond acceptors (Lipinski definition) is 1. The zero-order valence-corrected chi connectivity index (χ0v) is 14.9. The highest BCUT2D eigenvalue weighted by Gasteiger charge is 2.19. The molecule has 2 unspecified atom stereocenters. The van der Waals surface area contributed by atoms with Crippen LogP contribution in [-0.2, 0) is 6.42 Å². The van der Waals surface area contributed by atoms with Crippen LogP contribution in [0, 0.1) is 5.92 Å². The predicted molar refractivity (Wildman–Crippen MR) is 93.2 cm³/mol. The van der Waals surface area contributed by atoms with Crippen LogP contribution in [0.5, 0.6) is 0 Å². The summed E-state index contributed by atoms with van der Waals surface area (Å²) >= 11 is 3.51. The largest absolute Gasteiger partial charge is 0.313 e. The van der Waals surface area contributed by atoms with Gasteiger partial charge in [0, 0.05) is 10.5 Å². The molecule has 0 bridgehead atoms. The normalized spacial score (nSPS) is 14.2. The number of nitrogens with one attached hydrogen (secondary N) is 1. The molecule has 0 radical (unpaired) electrons. The molecule has 0 saturated carbocycles. The smallest absolute Gasteiger partial charge is 0.0175 e. The molecule has 0 spiro atoms. The summed E-state index contributed by atoms with van der Waals surface area (Å²) in [7, 11) is 0. The van der Waals surface area contributed by atoms with E-state index in [-0.39, 0.29) is 0 Å². The molecule has 0 fully saturated rings. The van der Waals surface area contributed by atoms with E-state index in [0.717, 1.165) is 23.4 Å². The molecule has 0 heterocycles. The molecule has 1 rings (SSSR count). The Bertz CT molecular complexity index is 347. The van der Waals surface area contributed by atoms with Crippen LogP contribution in [0.1, 0.15) is 58.4 Å². The Morgan fingerprint density at radius 1 is 1.05 bits per heavy atom. The van der Waals surface area contributed by atoms with Gasteiger partial charge in [-0.1, -0.05) is 68.1 Å². The Labute approximate surface area is 133 Å². The van der Waals surface area contributed by atoms with Crippen LogP contribution in [0.25, 0.3) is 0 Å². The third-order valence-corrected chi connectivity index (χ3v) is 4.58. The first kappa shape index (κ1) is 17.7. The fourth-order valence-electron chi connectivity index (χ4n) is 2.77. The first-order valence-corrected chi connectivity index (χ1v) is 8.98. The van der Waals surface area contributed by atoms with Crippen molar-refractivity contribution < 1.29 is 0 Å². The van der Waals surface area contributed by atoms with Gasteiger partial charge in [0.15, 0.2) is 0 Å². The molecule has 0 amide bonds. The first-order chi connectivity index (χ1) is 9.71. The van der Waals surface area contributed by atoms with E-state index in [0.29, 0.717) is 6.04 Å². The van der Waals surface area contributed by atoms with Crippen molar-refractivity contribution in [3.63, 3.8) is 0 Å². The number of rotatable bonds is 10. The molecule has 0 aliphatic heterocycles. The van der Waals surface area contributed by atoms with E-state index in [1.165, 1.54) is 37.7 Å². The van der Waals surface area contributed by atoms with Crippen molar-refractivity contribution in [2.75, 3.05) is 6.54 Å². The molecule has 1 nitrogen and oxygen atoms in total. The maximum absolute atomic E-state index is 3.78. The summed E-state index contributed by atoms with van der Waals surface area (Å²) in [5.74, 6) is 0.796. The molecular weight excluding hydrogens is 310 g/mol. The van der Waals surface area contributed by atoms with Crippen LogP contribution in [0.4, 0.5) is 0 Å². The minimum Gasteiger partial charge on any atom is -0.313 e. The number of halogens is 1. The van der Waals surface area contributed by atoms with E-state index < -0.39 is 0 Å². The van der Waals surface area contributed by atoms with E-state index in [9.17, 15) is 0 Å². The Balaban J connectivity index is 2.68. The lowest BCUT2D eigenvalue weighted by Gasteiger charge is -2.27. The lowest BCUT2D eigenvalue weighted by molar-refractivity contribution is 0.315. The topological polar surface area (TPSA) is 12.0 Å². The van der Waals surface area contributed by atoms with Gasteiger partial charge in [-0.2, -0.15) is 0 Å². The predicted octanol–water partition coefficient (Wildman–Crippen LogP) is 5.58. The van der Waals surface area contributed by atoms with Crippen molar-refractivity contribution in [1.82, 2.24) is 5.32 Å². The van der Waals surface area contributed by atoms with Crippen molar-refractivity contribution >= 4 is 15.9 Å². The van der Waals surface area contributed by atoms with Crippen LogP contribution >= 0.6 is 15.9 Å². The molecule has 0 aliphatic carbocycles. The maximum atomic E-state index is 3.78. The molecule has 1 N–H and O–H groups in total. The Hall–Kier alpha value is -0.340. The van der Waals surface area contributed by atoms with Gasteiger partial charge in [0.1, 0.15) is 0 Å². The molecule has 1 aromatic rings. The monoisotopic (exact) mass is 339 g/mol. The fraction of sp³-hybridized carbons (Fsp3) is 0.667. The van der Waals surface area contributed by atoms with Crippen LogP contribution in [0.2, 0.25) is 0 Å². The maximum Gasteiger partial charge on any atom is 0.0175 e. The van der Waals surface area contributed by atoms with Crippen LogP contribution < -0.4 is 5.32 Å². The van der Waals surface area contributed by atoms with E-state index in [2.05, 4.69) is 66.3 Å². The van der Waals surface area contributed by atoms with Crippen LogP contribution in [0.3, 0.4) is 0 Å². The lowest BCUT2D eigenvalue weighted by Crippen LogP contribution is -2.38. The average Bonchev–Trinajstić information content (AvgIpc) is 2.47. The van der Waals surface area contributed by atoms with Crippen molar-refractivity contribution in [3.8, 4) is 0 Å². The second-order valence-corrected chi connectivity index (χ2v) is 6.62. The van der Waals surface area contributed by atoms with Gasteiger partial charge in [-0.05, 0) is 49.4 Å². The van der Waals surface area contributed by atoms with Crippen molar-refractivity contribution in [2.24, 2.45) is 5.92 Å².